The Hall–Kier alpha value is -4.98. The number of para-hydroxylation sites is 2. The average molecular weight is 859 g/mol. The van der Waals surface area contributed by atoms with Crippen LogP contribution in [0.2, 0.25) is 0 Å². The number of aryl methyl sites for hydroxylation is 2. The molecule has 0 atom stereocenters. The molecule has 56 heavy (non-hydrogen) atoms. The maximum Gasteiger partial charge on any atom is 2.00 e. The van der Waals surface area contributed by atoms with Crippen molar-refractivity contribution in [2.75, 3.05) is 0 Å². The number of phenols is 4. The first kappa shape index (κ1) is 49.0. The molecule has 0 unspecified atom stereocenters. The van der Waals surface area contributed by atoms with E-state index in [2.05, 4.69) is 38.1 Å². The first-order valence-electron chi connectivity index (χ1n) is 19.1. The smallest absolute Gasteiger partial charge is 0.545 e. The van der Waals surface area contributed by atoms with Crippen molar-refractivity contribution in [1.82, 2.24) is 0 Å². The number of unbranched alkanes of at least 4 members (excludes halogenated alkanes) is 3. The summed E-state index contributed by atoms with van der Waals surface area (Å²) in [5.74, 6) is -5.01. The number of benzene rings is 4. The van der Waals surface area contributed by atoms with Gasteiger partial charge in [-0.3, -0.25) is 9.98 Å². The Morgan fingerprint density at radius 3 is 1.23 bits per heavy atom. The quantitative estimate of drug-likeness (QED) is 0.0373. The predicted molar refractivity (Wildman–Crippen MR) is 216 cm³/mol. The Balaban J connectivity index is 0.000000440. The molecular weight excluding hydrogens is 803 g/mol. The van der Waals surface area contributed by atoms with E-state index in [9.17, 15) is 40.2 Å². The minimum absolute atomic E-state index is 0. The van der Waals surface area contributed by atoms with E-state index in [0.29, 0.717) is 35.1 Å². The van der Waals surface area contributed by atoms with Crippen LogP contribution in [-0.4, -0.2) is 43.8 Å². The molecule has 0 bridgehead atoms. The molecule has 0 aromatic heterocycles. The van der Waals surface area contributed by atoms with Crippen LogP contribution in [0.3, 0.4) is 0 Å². The van der Waals surface area contributed by atoms with Gasteiger partial charge in [-0.05, 0) is 111 Å². The third-order valence-corrected chi connectivity index (χ3v) is 8.90. The topological polar surface area (TPSA) is 186 Å². The molecule has 0 aliphatic heterocycles. The van der Waals surface area contributed by atoms with Gasteiger partial charge in [-0.2, -0.15) is 0 Å². The molecule has 11 heteroatoms. The third-order valence-electron chi connectivity index (χ3n) is 8.90. The maximum atomic E-state index is 10.8. The van der Waals surface area contributed by atoms with Crippen LogP contribution < -0.4 is 10.2 Å². The summed E-state index contributed by atoms with van der Waals surface area (Å²) in [5.41, 5.74) is 6.02. The monoisotopic (exact) mass is 858 g/mol. The predicted octanol–water partition coefficient (Wildman–Crippen LogP) is 8.74. The number of carbonyl (C=O) groups is 2. The molecule has 4 aromatic rings. The number of hydrogen-bond donors (Lipinski definition) is 4. The zero-order chi connectivity index (χ0) is 40.9. The van der Waals surface area contributed by atoms with Crippen molar-refractivity contribution in [3.05, 3.63) is 106 Å². The molecule has 10 nitrogen and oxygen atoms in total. The van der Waals surface area contributed by atoms with E-state index in [1.165, 1.54) is 37.8 Å². The van der Waals surface area contributed by atoms with Gasteiger partial charge in [0.1, 0.15) is 0 Å². The van der Waals surface area contributed by atoms with Crippen LogP contribution in [0.25, 0.3) is 0 Å². The average Bonchev–Trinajstić information content (AvgIpc) is 3.15. The largest absolute Gasteiger partial charge is 2.00 e. The maximum absolute atomic E-state index is 10.8. The molecular formula is C45H56N2O8Pd. The van der Waals surface area contributed by atoms with Crippen molar-refractivity contribution in [2.45, 2.75) is 112 Å². The SMILES string of the molecule is CCCCCC(=Nc1ccccc1)C(CCCC)=Nc1ccccc1.CCCc1cc(O)c(O)c(C(=O)[O-])c1C.CCCc1cc(O)c(O)c(C(=O)[O-])c1C.[Pd+2]. The number of aromatic carboxylic acids is 2. The van der Waals surface area contributed by atoms with Gasteiger partial charge in [-0.15, -0.1) is 0 Å². The van der Waals surface area contributed by atoms with Crippen LogP contribution in [0.5, 0.6) is 23.0 Å². The molecule has 0 fully saturated rings. The molecule has 0 aliphatic carbocycles. The molecule has 0 spiro atoms. The molecule has 0 heterocycles. The van der Waals surface area contributed by atoms with Gasteiger partial charge in [-0.25, -0.2) is 0 Å². The van der Waals surface area contributed by atoms with Gasteiger partial charge in [0.05, 0.1) is 34.7 Å². The first-order valence-corrected chi connectivity index (χ1v) is 19.1. The van der Waals surface area contributed by atoms with Gasteiger partial charge in [0, 0.05) is 11.1 Å². The second-order valence-electron chi connectivity index (χ2n) is 13.2. The fourth-order valence-electron chi connectivity index (χ4n) is 5.91. The minimum Gasteiger partial charge on any atom is -0.545 e. The molecule has 0 radical (unpaired) electrons. The number of carbonyl (C=O) groups excluding carboxylic acids is 2. The van der Waals surface area contributed by atoms with E-state index in [-0.39, 0.29) is 31.5 Å². The number of aliphatic imine (C=N–C) groups is 2. The van der Waals surface area contributed by atoms with Gasteiger partial charge in [0.15, 0.2) is 23.0 Å². The number of carboxylic acids is 2. The molecule has 0 amide bonds. The Labute approximate surface area is 345 Å². The molecule has 0 saturated carbocycles. The summed E-state index contributed by atoms with van der Waals surface area (Å²) in [6.07, 6.45) is 10.9. The van der Waals surface area contributed by atoms with E-state index in [1.807, 2.05) is 50.2 Å². The van der Waals surface area contributed by atoms with Crippen LogP contribution in [0.15, 0.2) is 82.8 Å². The van der Waals surface area contributed by atoms with Crippen molar-refractivity contribution in [2.24, 2.45) is 9.98 Å². The summed E-state index contributed by atoms with van der Waals surface area (Å²) in [6.45, 7) is 11.5. The third kappa shape index (κ3) is 15.3. The van der Waals surface area contributed by atoms with E-state index in [0.717, 1.165) is 54.9 Å². The van der Waals surface area contributed by atoms with Crippen LogP contribution in [0.1, 0.15) is 128 Å². The van der Waals surface area contributed by atoms with Gasteiger partial charge in [0.2, 0.25) is 0 Å². The standard InChI is InChI=1S/C23H30N2.2C11H14O4.Pd/c1-3-5-9-19-23(25-21-16-12-8-13-17-21)22(18-6-4-2)24-20-14-10-7-11-15-20;2*1-3-4-7-5-8(12)10(13)9(6(7)2)11(14)15;/h7-8,10-17H,3-6,9,18-19H2,1-2H3;2*5,12-13H,3-4H2,1-2H3,(H,14,15);/q;;;+2/p-2. The summed E-state index contributed by atoms with van der Waals surface area (Å²) in [6, 6.07) is 23.3. The number of nitrogens with zero attached hydrogens (tertiary/aromatic N) is 2. The number of rotatable bonds is 16. The van der Waals surface area contributed by atoms with E-state index in [4.69, 9.17) is 9.98 Å². The van der Waals surface area contributed by atoms with Gasteiger partial charge >= 0.3 is 20.4 Å². The summed E-state index contributed by atoms with van der Waals surface area (Å²) >= 11 is 0. The Kier molecular flexibility index (Phi) is 22.8. The van der Waals surface area contributed by atoms with Crippen LogP contribution in [-0.2, 0) is 33.3 Å². The fourth-order valence-corrected chi connectivity index (χ4v) is 5.91. The van der Waals surface area contributed by atoms with Crippen molar-refractivity contribution in [1.29, 1.82) is 0 Å². The van der Waals surface area contributed by atoms with Crippen LogP contribution in [0.4, 0.5) is 11.4 Å². The zero-order valence-electron chi connectivity index (χ0n) is 33.3. The molecule has 304 valence electrons. The van der Waals surface area contributed by atoms with Crippen LogP contribution >= 0.6 is 0 Å². The molecule has 4 N–H and O–H groups in total. The molecule has 0 saturated heterocycles. The molecule has 4 aromatic carbocycles. The van der Waals surface area contributed by atoms with Gasteiger partial charge < -0.3 is 40.2 Å². The second-order valence-corrected chi connectivity index (χ2v) is 13.2. The Morgan fingerprint density at radius 1 is 0.554 bits per heavy atom. The number of aromatic hydroxyl groups is 4. The Bertz CT molecular complexity index is 1820. The zero-order valence-corrected chi connectivity index (χ0v) is 34.9. The normalized spacial score (nSPS) is 11.0. The summed E-state index contributed by atoms with van der Waals surface area (Å²) in [5, 5.41) is 59.0. The summed E-state index contributed by atoms with van der Waals surface area (Å²) in [7, 11) is 0. The van der Waals surface area contributed by atoms with E-state index >= 15 is 0 Å². The van der Waals surface area contributed by atoms with E-state index in [1.54, 1.807) is 13.8 Å². The first-order chi connectivity index (χ1) is 26.3. The van der Waals surface area contributed by atoms with Crippen molar-refractivity contribution >= 4 is 34.7 Å². The van der Waals surface area contributed by atoms with E-state index < -0.39 is 34.9 Å². The number of carboxylic acid groups (broad SMARTS) is 2. The number of hydrogen-bond acceptors (Lipinski definition) is 10. The minimum atomic E-state index is -1.47. The van der Waals surface area contributed by atoms with Gasteiger partial charge in [0.25, 0.3) is 0 Å². The Morgan fingerprint density at radius 2 is 0.911 bits per heavy atom. The molecule has 0 aliphatic rings. The second kappa shape index (κ2) is 26.0. The van der Waals surface area contributed by atoms with Crippen molar-refractivity contribution in [3.63, 3.8) is 0 Å². The van der Waals surface area contributed by atoms with Gasteiger partial charge in [-0.1, -0.05) is 96.2 Å². The summed E-state index contributed by atoms with van der Waals surface area (Å²) in [4.78, 5) is 31.5. The number of phenolic OH excluding ortho intramolecular Hbond substituents is 2. The molecule has 4 rings (SSSR count). The van der Waals surface area contributed by atoms with Crippen LogP contribution in [0, 0.1) is 13.8 Å². The van der Waals surface area contributed by atoms with Crippen molar-refractivity contribution < 1.29 is 60.7 Å². The fraction of sp³-hybridized carbons (Fsp3) is 0.378. The van der Waals surface area contributed by atoms with Crippen molar-refractivity contribution in [3.8, 4) is 23.0 Å². The summed E-state index contributed by atoms with van der Waals surface area (Å²) < 4.78 is 0.